The monoisotopic (exact) mass is 284 g/mol. The van der Waals surface area contributed by atoms with Gasteiger partial charge in [0.2, 0.25) is 0 Å². The van der Waals surface area contributed by atoms with E-state index in [2.05, 4.69) is 26.6 Å². The largest absolute Gasteiger partial charge is 0.586 e. The first kappa shape index (κ1) is 13.4. The fourth-order valence-electron chi connectivity index (χ4n) is 2.67. The van der Waals surface area contributed by atoms with Crippen molar-refractivity contribution in [2.24, 2.45) is 0 Å². The van der Waals surface area contributed by atoms with Gasteiger partial charge in [-0.15, -0.1) is 8.78 Å². The van der Waals surface area contributed by atoms with Crippen LogP contribution in [0.1, 0.15) is 19.8 Å². The lowest BCUT2D eigenvalue weighted by molar-refractivity contribution is -0.286. The van der Waals surface area contributed by atoms with Gasteiger partial charge in [-0.25, -0.2) is 0 Å². The predicted octanol–water partition coefficient (Wildman–Crippen LogP) is 2.90. The normalized spacial score (nSPS) is 21.9. The molecular formula is C14H18F2N2O2. The second-order valence-electron chi connectivity index (χ2n) is 5.18. The number of ether oxygens (including phenoxy) is 2. The van der Waals surface area contributed by atoms with E-state index in [4.69, 9.17) is 0 Å². The van der Waals surface area contributed by atoms with E-state index in [1.54, 1.807) is 12.1 Å². The number of hydrogen-bond donors (Lipinski definition) is 1. The Morgan fingerprint density at radius 1 is 1.25 bits per heavy atom. The van der Waals surface area contributed by atoms with Crippen LogP contribution in [0, 0.1) is 0 Å². The number of nitrogens with zero attached hydrogens (tertiary/aromatic N) is 1. The minimum Gasteiger partial charge on any atom is -0.395 e. The Bertz CT molecular complexity index is 488. The molecule has 2 aliphatic heterocycles. The number of hydrogen-bond acceptors (Lipinski definition) is 4. The third-order valence-corrected chi connectivity index (χ3v) is 3.81. The van der Waals surface area contributed by atoms with Crippen LogP contribution < -0.4 is 14.8 Å². The molecule has 0 spiro atoms. The first-order valence-corrected chi connectivity index (χ1v) is 6.94. The summed E-state index contributed by atoms with van der Waals surface area (Å²) in [5.74, 6) is 0.173. The molecule has 1 aromatic carbocycles. The second-order valence-corrected chi connectivity index (χ2v) is 5.18. The average Bonchev–Trinajstić information content (AvgIpc) is 2.73. The number of fused-ring (bicyclic) bond motifs is 1. The summed E-state index contributed by atoms with van der Waals surface area (Å²) in [6.07, 6.45) is -1.44. The Morgan fingerprint density at radius 3 is 2.65 bits per heavy atom. The molecule has 1 N–H and O–H groups in total. The van der Waals surface area contributed by atoms with E-state index in [0.29, 0.717) is 6.04 Å². The molecule has 0 radical (unpaired) electrons. The zero-order chi connectivity index (χ0) is 14.2. The van der Waals surface area contributed by atoms with Crippen LogP contribution >= 0.6 is 0 Å². The number of halogens is 2. The Kier molecular flexibility index (Phi) is 3.41. The van der Waals surface area contributed by atoms with Crippen LogP contribution in [0.15, 0.2) is 18.2 Å². The lowest BCUT2D eigenvalue weighted by atomic mass is 10.0. The van der Waals surface area contributed by atoms with E-state index in [-0.39, 0.29) is 11.5 Å². The van der Waals surface area contributed by atoms with Crippen molar-refractivity contribution in [2.75, 3.05) is 25.0 Å². The summed E-state index contributed by atoms with van der Waals surface area (Å²) in [5.41, 5.74) is 0.792. The summed E-state index contributed by atoms with van der Waals surface area (Å²) in [5, 5.41) is 3.38. The molecule has 3 rings (SSSR count). The molecule has 110 valence electrons. The van der Waals surface area contributed by atoms with Gasteiger partial charge < -0.3 is 19.7 Å². The highest BCUT2D eigenvalue weighted by molar-refractivity contribution is 5.56. The molecule has 0 unspecified atom stereocenters. The van der Waals surface area contributed by atoms with Gasteiger partial charge in [-0.2, -0.15) is 0 Å². The van der Waals surface area contributed by atoms with E-state index in [1.165, 1.54) is 6.07 Å². The molecule has 0 atom stereocenters. The summed E-state index contributed by atoms with van der Waals surface area (Å²) in [4.78, 5) is 2.40. The fourth-order valence-corrected chi connectivity index (χ4v) is 2.67. The van der Waals surface area contributed by atoms with E-state index in [9.17, 15) is 8.78 Å². The van der Waals surface area contributed by atoms with Crippen LogP contribution in [-0.4, -0.2) is 36.9 Å². The maximum absolute atomic E-state index is 12.9. The van der Waals surface area contributed by atoms with Crippen LogP contribution in [0.3, 0.4) is 0 Å². The van der Waals surface area contributed by atoms with Gasteiger partial charge in [0.15, 0.2) is 11.5 Å². The van der Waals surface area contributed by atoms with Crippen molar-refractivity contribution in [3.05, 3.63) is 18.2 Å². The van der Waals surface area contributed by atoms with Gasteiger partial charge in [-0.3, -0.25) is 0 Å². The molecule has 0 aliphatic carbocycles. The van der Waals surface area contributed by atoms with E-state index < -0.39 is 6.29 Å². The van der Waals surface area contributed by atoms with Crippen LogP contribution in [0.2, 0.25) is 0 Å². The minimum absolute atomic E-state index is 0.0846. The average molecular weight is 284 g/mol. The number of nitrogens with one attached hydrogen (secondary N) is 1. The third-order valence-electron chi connectivity index (χ3n) is 3.81. The van der Waals surface area contributed by atoms with Crippen molar-refractivity contribution in [1.82, 2.24) is 4.90 Å². The van der Waals surface area contributed by atoms with Crippen molar-refractivity contribution in [3.63, 3.8) is 0 Å². The van der Waals surface area contributed by atoms with Gasteiger partial charge >= 0.3 is 6.29 Å². The molecule has 2 aliphatic rings. The molecule has 1 aromatic rings. The first-order valence-electron chi connectivity index (χ1n) is 6.94. The van der Waals surface area contributed by atoms with Gasteiger partial charge in [0, 0.05) is 30.9 Å². The molecule has 0 saturated carbocycles. The SMILES string of the molecule is CCN1CCC(Nc2ccc3c(c2)OC(F)(F)O3)CC1. The summed E-state index contributed by atoms with van der Waals surface area (Å²) in [6, 6.07) is 5.21. The van der Waals surface area contributed by atoms with Crippen molar-refractivity contribution < 1.29 is 18.3 Å². The standard InChI is InChI=1S/C14H18F2N2O2/c1-2-18-7-5-10(6-8-18)17-11-3-4-12-13(9-11)20-14(15,16)19-12/h3-4,9-10,17H,2,5-8H2,1H3. The number of benzene rings is 1. The topological polar surface area (TPSA) is 33.7 Å². The van der Waals surface area contributed by atoms with Gasteiger partial charge in [-0.05, 0) is 31.5 Å². The maximum atomic E-state index is 12.9. The summed E-state index contributed by atoms with van der Waals surface area (Å²) < 4.78 is 34.7. The van der Waals surface area contributed by atoms with Gasteiger partial charge in [0.05, 0.1) is 0 Å². The van der Waals surface area contributed by atoms with Crippen LogP contribution in [0.4, 0.5) is 14.5 Å². The van der Waals surface area contributed by atoms with Crippen LogP contribution in [-0.2, 0) is 0 Å². The molecule has 4 nitrogen and oxygen atoms in total. The summed E-state index contributed by atoms with van der Waals surface area (Å²) in [7, 11) is 0. The lowest BCUT2D eigenvalue weighted by Gasteiger charge is -2.32. The second kappa shape index (κ2) is 5.09. The molecule has 1 fully saturated rings. The molecule has 0 amide bonds. The van der Waals surface area contributed by atoms with E-state index in [1.807, 2.05) is 0 Å². The Hall–Kier alpha value is -1.56. The van der Waals surface area contributed by atoms with Crippen molar-refractivity contribution in [3.8, 4) is 11.5 Å². The molecule has 20 heavy (non-hydrogen) atoms. The van der Waals surface area contributed by atoms with Crippen molar-refractivity contribution in [1.29, 1.82) is 0 Å². The van der Waals surface area contributed by atoms with Gasteiger partial charge in [-0.1, -0.05) is 6.92 Å². The summed E-state index contributed by atoms with van der Waals surface area (Å²) >= 11 is 0. The molecule has 0 bridgehead atoms. The van der Waals surface area contributed by atoms with Gasteiger partial charge in [0.1, 0.15) is 0 Å². The number of piperidine rings is 1. The smallest absolute Gasteiger partial charge is 0.395 e. The van der Waals surface area contributed by atoms with Crippen LogP contribution in [0.25, 0.3) is 0 Å². The Morgan fingerprint density at radius 2 is 1.95 bits per heavy atom. The minimum atomic E-state index is -3.55. The maximum Gasteiger partial charge on any atom is 0.586 e. The number of rotatable bonds is 3. The Labute approximate surface area is 116 Å². The van der Waals surface area contributed by atoms with Crippen molar-refractivity contribution >= 4 is 5.69 Å². The molecular weight excluding hydrogens is 266 g/mol. The van der Waals surface area contributed by atoms with Crippen LogP contribution in [0.5, 0.6) is 11.5 Å². The lowest BCUT2D eigenvalue weighted by Crippen LogP contribution is -2.38. The van der Waals surface area contributed by atoms with Gasteiger partial charge in [0.25, 0.3) is 0 Å². The van der Waals surface area contributed by atoms with E-state index >= 15 is 0 Å². The predicted molar refractivity (Wildman–Crippen MR) is 71.4 cm³/mol. The number of likely N-dealkylation sites (tertiary alicyclic amines) is 1. The highest BCUT2D eigenvalue weighted by Gasteiger charge is 2.43. The highest BCUT2D eigenvalue weighted by atomic mass is 19.3. The zero-order valence-corrected chi connectivity index (χ0v) is 11.4. The summed E-state index contributed by atoms with van der Waals surface area (Å²) in [6.45, 7) is 5.37. The quantitative estimate of drug-likeness (QED) is 0.925. The number of anilines is 1. The highest BCUT2D eigenvalue weighted by Crippen LogP contribution is 2.42. The first-order chi connectivity index (χ1) is 9.55. The zero-order valence-electron chi connectivity index (χ0n) is 11.4. The van der Waals surface area contributed by atoms with Crippen molar-refractivity contribution in [2.45, 2.75) is 32.1 Å². The third kappa shape index (κ3) is 2.80. The molecule has 0 aromatic heterocycles. The number of alkyl halides is 2. The molecule has 2 heterocycles. The Balaban J connectivity index is 1.63. The molecule has 6 heteroatoms. The fraction of sp³-hybridized carbons (Fsp3) is 0.571. The molecule has 1 saturated heterocycles. The van der Waals surface area contributed by atoms with E-state index in [0.717, 1.165) is 38.2 Å².